The first-order valence-corrected chi connectivity index (χ1v) is 7.13. The van der Waals surface area contributed by atoms with Crippen LogP contribution >= 0.6 is 35.7 Å². The summed E-state index contributed by atoms with van der Waals surface area (Å²) in [6, 6.07) is 3.57. The molecule has 3 N–H and O–H groups in total. The Kier molecular flexibility index (Phi) is 7.47. The number of hydrogen-bond acceptors (Lipinski definition) is 4. The number of nitrogens with zero attached hydrogens (tertiary/aromatic N) is 3. The molecule has 0 bridgehead atoms. The van der Waals surface area contributed by atoms with Crippen molar-refractivity contribution in [3.8, 4) is 0 Å². The maximum absolute atomic E-state index is 9.95. The third kappa shape index (κ3) is 5.15. The van der Waals surface area contributed by atoms with E-state index in [0.717, 1.165) is 30.2 Å². The molecule has 0 aliphatic carbocycles. The summed E-state index contributed by atoms with van der Waals surface area (Å²) in [4.78, 5) is 10.2. The molecule has 0 radical (unpaired) electrons. The second-order valence-corrected chi connectivity index (χ2v) is 5.32. The molecule has 19 heavy (non-hydrogen) atoms. The van der Waals surface area contributed by atoms with E-state index in [1.807, 2.05) is 11.8 Å². The fourth-order valence-electron chi connectivity index (χ4n) is 1.76. The first kappa shape index (κ1) is 16.5. The second-order valence-electron chi connectivity index (χ2n) is 4.09. The second kappa shape index (κ2) is 8.60. The van der Waals surface area contributed by atoms with Crippen LogP contribution in [-0.4, -0.2) is 52.1 Å². The molecular weight excluding hydrogens is 375 g/mol. The lowest BCUT2D eigenvalue weighted by molar-refractivity contribution is 0.186. The Labute approximate surface area is 134 Å². The number of halogens is 1. The highest BCUT2D eigenvalue weighted by molar-refractivity contribution is 14.0. The average molecular weight is 394 g/mol. The lowest BCUT2D eigenvalue weighted by Crippen LogP contribution is -2.42. The summed E-state index contributed by atoms with van der Waals surface area (Å²) in [5, 5.41) is 9.95. The van der Waals surface area contributed by atoms with Crippen LogP contribution in [0.3, 0.4) is 0 Å². The van der Waals surface area contributed by atoms with Crippen LogP contribution in [0.5, 0.6) is 0 Å². The van der Waals surface area contributed by atoms with Gasteiger partial charge in [-0.05, 0) is 17.7 Å². The molecule has 1 saturated heterocycles. The quantitative estimate of drug-likeness (QED) is 0.456. The van der Waals surface area contributed by atoms with Crippen LogP contribution in [0.4, 0.5) is 0 Å². The molecule has 1 unspecified atom stereocenters. The fourth-order valence-corrected chi connectivity index (χ4v) is 2.67. The lowest BCUT2D eigenvalue weighted by atomic mass is 10.1. The van der Waals surface area contributed by atoms with Gasteiger partial charge in [0.25, 0.3) is 0 Å². The van der Waals surface area contributed by atoms with Crippen LogP contribution < -0.4 is 5.73 Å². The van der Waals surface area contributed by atoms with Gasteiger partial charge in [-0.3, -0.25) is 9.98 Å². The third-order valence-corrected chi connectivity index (χ3v) is 3.79. The van der Waals surface area contributed by atoms with E-state index in [2.05, 4.69) is 14.9 Å². The van der Waals surface area contributed by atoms with Gasteiger partial charge in [-0.1, -0.05) is 0 Å². The number of nitrogens with two attached hydrogens (primary N) is 1. The monoisotopic (exact) mass is 394 g/mol. The van der Waals surface area contributed by atoms with E-state index in [0.29, 0.717) is 12.5 Å². The summed E-state index contributed by atoms with van der Waals surface area (Å²) in [5.41, 5.74) is 6.73. The average Bonchev–Trinajstić information content (AvgIpc) is 2.46. The third-order valence-electron chi connectivity index (χ3n) is 2.85. The Bertz CT molecular complexity index is 398. The number of pyridine rings is 1. The Balaban J connectivity index is 0.00000180. The molecular formula is C12H19IN4OS. The highest BCUT2D eigenvalue weighted by Gasteiger charge is 2.13. The van der Waals surface area contributed by atoms with Crippen LogP contribution in [0.15, 0.2) is 29.5 Å². The van der Waals surface area contributed by atoms with Gasteiger partial charge in [0.15, 0.2) is 5.96 Å². The van der Waals surface area contributed by atoms with Crippen LogP contribution in [-0.2, 0) is 0 Å². The normalized spacial score (nSPS) is 17.7. The molecule has 2 rings (SSSR count). The van der Waals surface area contributed by atoms with E-state index in [9.17, 15) is 5.11 Å². The Hall–Kier alpha value is -0.540. The maximum Gasteiger partial charge on any atom is 0.191 e. The van der Waals surface area contributed by atoms with Crippen LogP contribution in [0.1, 0.15) is 11.7 Å². The topological polar surface area (TPSA) is 74.7 Å². The summed E-state index contributed by atoms with van der Waals surface area (Å²) in [6.45, 7) is 2.16. The number of aliphatic hydroxyl groups excluding tert-OH is 1. The SMILES string of the molecule is I.NC(=NCC(O)c1ccncc1)N1CCSCC1. The van der Waals surface area contributed by atoms with Crippen LogP contribution in [0.2, 0.25) is 0 Å². The Morgan fingerprint density at radius 1 is 1.42 bits per heavy atom. The van der Waals surface area contributed by atoms with Crippen molar-refractivity contribution in [2.45, 2.75) is 6.10 Å². The molecule has 2 heterocycles. The highest BCUT2D eigenvalue weighted by Crippen LogP contribution is 2.12. The van der Waals surface area contributed by atoms with E-state index in [1.54, 1.807) is 24.5 Å². The maximum atomic E-state index is 9.95. The van der Waals surface area contributed by atoms with Gasteiger partial charge >= 0.3 is 0 Å². The van der Waals surface area contributed by atoms with Gasteiger partial charge in [0.1, 0.15) is 0 Å². The number of aliphatic imine (C=N–C) groups is 1. The van der Waals surface area contributed by atoms with Crippen LogP contribution in [0, 0.1) is 0 Å². The van der Waals surface area contributed by atoms with Crippen molar-refractivity contribution < 1.29 is 5.11 Å². The number of hydrogen-bond donors (Lipinski definition) is 2. The number of guanidine groups is 1. The molecule has 7 heteroatoms. The first-order valence-electron chi connectivity index (χ1n) is 5.98. The van der Waals surface area contributed by atoms with Gasteiger partial charge in [-0.2, -0.15) is 11.8 Å². The summed E-state index contributed by atoms with van der Waals surface area (Å²) in [6.07, 6.45) is 2.70. The smallest absolute Gasteiger partial charge is 0.191 e. The van der Waals surface area contributed by atoms with Crippen molar-refractivity contribution in [2.24, 2.45) is 10.7 Å². The predicted molar refractivity (Wildman–Crippen MR) is 90.0 cm³/mol. The highest BCUT2D eigenvalue weighted by atomic mass is 127. The van der Waals surface area contributed by atoms with Gasteiger partial charge in [-0.15, -0.1) is 24.0 Å². The van der Waals surface area contributed by atoms with Gasteiger partial charge in [0, 0.05) is 37.0 Å². The Morgan fingerprint density at radius 3 is 2.68 bits per heavy atom. The fraction of sp³-hybridized carbons (Fsp3) is 0.500. The van der Waals surface area contributed by atoms with E-state index in [1.165, 1.54) is 0 Å². The van der Waals surface area contributed by atoms with E-state index >= 15 is 0 Å². The number of aromatic nitrogens is 1. The van der Waals surface area contributed by atoms with Crippen molar-refractivity contribution in [1.29, 1.82) is 0 Å². The number of aliphatic hydroxyl groups is 1. The largest absolute Gasteiger partial charge is 0.386 e. The molecule has 1 aliphatic heterocycles. The molecule has 106 valence electrons. The lowest BCUT2D eigenvalue weighted by Gasteiger charge is -2.27. The molecule has 0 spiro atoms. The van der Waals surface area contributed by atoms with E-state index in [4.69, 9.17) is 5.73 Å². The van der Waals surface area contributed by atoms with E-state index < -0.39 is 6.10 Å². The molecule has 1 aromatic rings. The molecule has 0 saturated carbocycles. The zero-order valence-corrected chi connectivity index (χ0v) is 13.8. The van der Waals surface area contributed by atoms with Crippen molar-refractivity contribution in [1.82, 2.24) is 9.88 Å². The Morgan fingerprint density at radius 2 is 2.05 bits per heavy atom. The van der Waals surface area contributed by atoms with Crippen molar-refractivity contribution >= 4 is 41.7 Å². The van der Waals surface area contributed by atoms with Gasteiger partial charge in [0.05, 0.1) is 12.6 Å². The molecule has 5 nitrogen and oxygen atoms in total. The molecule has 1 aliphatic rings. The number of thioether (sulfide) groups is 1. The zero-order chi connectivity index (χ0) is 12.8. The molecule has 1 atom stereocenters. The van der Waals surface area contributed by atoms with Gasteiger partial charge < -0.3 is 15.7 Å². The van der Waals surface area contributed by atoms with E-state index in [-0.39, 0.29) is 24.0 Å². The minimum atomic E-state index is -0.620. The standard InChI is InChI=1S/C12H18N4OS.HI/c13-12(16-5-7-18-8-6-16)15-9-11(17)10-1-3-14-4-2-10;/h1-4,11,17H,5-9H2,(H2,13,15);1H. The summed E-state index contributed by atoms with van der Waals surface area (Å²) < 4.78 is 0. The summed E-state index contributed by atoms with van der Waals surface area (Å²) >= 11 is 1.93. The minimum Gasteiger partial charge on any atom is -0.386 e. The van der Waals surface area contributed by atoms with Crippen molar-refractivity contribution in [2.75, 3.05) is 31.1 Å². The van der Waals surface area contributed by atoms with Crippen LogP contribution in [0.25, 0.3) is 0 Å². The predicted octanol–water partition coefficient (Wildman–Crippen LogP) is 1.10. The summed E-state index contributed by atoms with van der Waals surface area (Å²) in [5.74, 6) is 2.70. The number of rotatable bonds is 3. The molecule has 1 aromatic heterocycles. The molecule has 0 aromatic carbocycles. The van der Waals surface area contributed by atoms with Crippen molar-refractivity contribution in [3.63, 3.8) is 0 Å². The zero-order valence-electron chi connectivity index (χ0n) is 10.6. The molecule has 0 amide bonds. The van der Waals surface area contributed by atoms with Gasteiger partial charge in [-0.25, -0.2) is 0 Å². The van der Waals surface area contributed by atoms with Gasteiger partial charge in [0.2, 0.25) is 0 Å². The minimum absolute atomic E-state index is 0. The first-order chi connectivity index (χ1) is 8.77. The molecule has 1 fully saturated rings. The summed E-state index contributed by atoms with van der Waals surface area (Å²) in [7, 11) is 0. The van der Waals surface area contributed by atoms with Crippen molar-refractivity contribution in [3.05, 3.63) is 30.1 Å².